The molecule has 124 valence electrons. The standard InChI is InChI=1S/C13H11ClF3N3O2S/c14-11-3-1-9(7-18-11)5-6-20-23(21,22)12-4-2-10(8-19-12)13(15,16)17/h1-4,7-8,20H,5-6H2. The van der Waals surface area contributed by atoms with Crippen LogP contribution in [0.3, 0.4) is 0 Å². The highest BCUT2D eigenvalue weighted by Crippen LogP contribution is 2.28. The maximum absolute atomic E-state index is 12.4. The van der Waals surface area contributed by atoms with Crippen LogP contribution >= 0.6 is 11.6 Å². The smallest absolute Gasteiger partial charge is 0.244 e. The van der Waals surface area contributed by atoms with Gasteiger partial charge in [0, 0.05) is 18.9 Å². The zero-order valence-corrected chi connectivity index (χ0v) is 13.1. The quantitative estimate of drug-likeness (QED) is 0.827. The molecule has 5 nitrogen and oxygen atoms in total. The summed E-state index contributed by atoms with van der Waals surface area (Å²) in [6.07, 6.45) is -2.22. The zero-order chi connectivity index (χ0) is 17.1. The van der Waals surface area contributed by atoms with E-state index in [2.05, 4.69) is 14.7 Å². The highest BCUT2D eigenvalue weighted by Gasteiger charge is 2.31. The SMILES string of the molecule is O=S(=O)(NCCc1ccc(Cl)nc1)c1ccc(C(F)(F)F)cn1. The molecule has 0 aromatic carbocycles. The maximum Gasteiger partial charge on any atom is 0.417 e. The number of nitrogens with one attached hydrogen (secondary N) is 1. The number of halogens is 4. The minimum absolute atomic E-state index is 0.0499. The largest absolute Gasteiger partial charge is 0.417 e. The average molecular weight is 366 g/mol. The maximum atomic E-state index is 12.4. The van der Waals surface area contributed by atoms with Crippen molar-refractivity contribution in [3.05, 3.63) is 52.9 Å². The van der Waals surface area contributed by atoms with Crippen LogP contribution in [0.5, 0.6) is 0 Å². The molecule has 0 amide bonds. The van der Waals surface area contributed by atoms with Crippen molar-refractivity contribution in [3.63, 3.8) is 0 Å². The third kappa shape index (κ3) is 4.88. The lowest BCUT2D eigenvalue weighted by molar-refractivity contribution is -0.137. The van der Waals surface area contributed by atoms with Gasteiger partial charge in [-0.25, -0.2) is 23.1 Å². The van der Waals surface area contributed by atoms with Crippen LogP contribution in [0.25, 0.3) is 0 Å². The van der Waals surface area contributed by atoms with E-state index < -0.39 is 26.8 Å². The lowest BCUT2D eigenvalue weighted by Gasteiger charge is -2.08. The first-order chi connectivity index (χ1) is 10.7. The minimum atomic E-state index is -4.57. The number of pyridine rings is 2. The van der Waals surface area contributed by atoms with Gasteiger partial charge in [-0.1, -0.05) is 17.7 Å². The Morgan fingerprint density at radius 3 is 2.35 bits per heavy atom. The van der Waals surface area contributed by atoms with Gasteiger partial charge in [-0.2, -0.15) is 13.2 Å². The van der Waals surface area contributed by atoms with Crippen molar-refractivity contribution in [2.45, 2.75) is 17.6 Å². The van der Waals surface area contributed by atoms with E-state index in [4.69, 9.17) is 11.6 Å². The van der Waals surface area contributed by atoms with Gasteiger partial charge >= 0.3 is 6.18 Å². The van der Waals surface area contributed by atoms with E-state index in [1.165, 1.54) is 6.20 Å². The van der Waals surface area contributed by atoms with E-state index in [0.717, 1.165) is 11.6 Å². The molecule has 0 fully saturated rings. The predicted octanol–water partition coefficient (Wildman–Crippen LogP) is 2.67. The van der Waals surface area contributed by atoms with Crippen molar-refractivity contribution in [2.75, 3.05) is 6.54 Å². The summed E-state index contributed by atoms with van der Waals surface area (Å²) in [4.78, 5) is 7.21. The van der Waals surface area contributed by atoms with Gasteiger partial charge in [0.05, 0.1) is 5.56 Å². The first-order valence-electron chi connectivity index (χ1n) is 6.32. The van der Waals surface area contributed by atoms with Crippen LogP contribution in [-0.2, 0) is 22.6 Å². The molecule has 2 rings (SSSR count). The third-order valence-electron chi connectivity index (χ3n) is 2.83. The molecule has 0 saturated carbocycles. The Bertz CT molecular complexity index is 763. The number of hydrogen-bond donors (Lipinski definition) is 1. The van der Waals surface area contributed by atoms with E-state index in [1.807, 2.05) is 0 Å². The van der Waals surface area contributed by atoms with Gasteiger partial charge < -0.3 is 0 Å². The summed E-state index contributed by atoms with van der Waals surface area (Å²) < 4.78 is 63.4. The van der Waals surface area contributed by atoms with Crippen LogP contribution in [-0.4, -0.2) is 24.9 Å². The van der Waals surface area contributed by atoms with Crippen LogP contribution in [0.15, 0.2) is 41.7 Å². The van der Waals surface area contributed by atoms with Gasteiger partial charge in [-0.15, -0.1) is 0 Å². The second kappa shape index (κ2) is 6.81. The summed E-state index contributed by atoms with van der Waals surface area (Å²) in [5.41, 5.74) is -0.249. The molecule has 10 heteroatoms. The summed E-state index contributed by atoms with van der Waals surface area (Å²) in [5, 5.41) is -0.150. The number of aromatic nitrogens is 2. The highest BCUT2D eigenvalue weighted by molar-refractivity contribution is 7.89. The lowest BCUT2D eigenvalue weighted by Crippen LogP contribution is -2.27. The van der Waals surface area contributed by atoms with Crippen LogP contribution in [0.2, 0.25) is 5.15 Å². The molecule has 2 aromatic heterocycles. The Morgan fingerprint density at radius 1 is 1.09 bits per heavy atom. The van der Waals surface area contributed by atoms with E-state index in [1.54, 1.807) is 12.1 Å². The van der Waals surface area contributed by atoms with Gasteiger partial charge in [-0.05, 0) is 30.2 Å². The molecule has 23 heavy (non-hydrogen) atoms. The fraction of sp³-hybridized carbons (Fsp3) is 0.231. The van der Waals surface area contributed by atoms with Crippen LogP contribution in [0, 0.1) is 0 Å². The number of hydrogen-bond acceptors (Lipinski definition) is 4. The second-order valence-corrected chi connectivity index (χ2v) is 6.62. The Morgan fingerprint density at radius 2 is 1.83 bits per heavy atom. The van der Waals surface area contributed by atoms with Crippen molar-refractivity contribution in [3.8, 4) is 0 Å². The van der Waals surface area contributed by atoms with Crippen molar-refractivity contribution in [1.29, 1.82) is 0 Å². The fourth-order valence-electron chi connectivity index (χ4n) is 1.66. The Hall–Kier alpha value is -1.71. The number of rotatable bonds is 5. The van der Waals surface area contributed by atoms with Crippen LogP contribution in [0.1, 0.15) is 11.1 Å². The summed E-state index contributed by atoms with van der Waals surface area (Å²) in [6, 6.07) is 4.75. The molecular formula is C13H11ClF3N3O2S. The molecule has 0 atom stereocenters. The van der Waals surface area contributed by atoms with Gasteiger partial charge in [0.25, 0.3) is 10.0 Å². The average Bonchev–Trinajstić information content (AvgIpc) is 2.48. The number of sulfonamides is 1. The van der Waals surface area contributed by atoms with Crippen LogP contribution < -0.4 is 4.72 Å². The zero-order valence-electron chi connectivity index (χ0n) is 11.5. The molecule has 2 heterocycles. The van der Waals surface area contributed by atoms with Crippen molar-refractivity contribution >= 4 is 21.6 Å². The molecule has 1 N–H and O–H groups in total. The molecular weight excluding hydrogens is 355 g/mol. The summed E-state index contributed by atoms with van der Waals surface area (Å²) in [7, 11) is -3.98. The van der Waals surface area contributed by atoms with Crippen molar-refractivity contribution in [2.24, 2.45) is 0 Å². The van der Waals surface area contributed by atoms with E-state index >= 15 is 0 Å². The molecule has 2 aromatic rings. The van der Waals surface area contributed by atoms with Gasteiger partial charge in [-0.3, -0.25) is 0 Å². The molecule has 0 radical (unpaired) electrons. The number of alkyl halides is 3. The Kier molecular flexibility index (Phi) is 5.23. The first kappa shape index (κ1) is 17.6. The van der Waals surface area contributed by atoms with Crippen molar-refractivity contribution in [1.82, 2.24) is 14.7 Å². The lowest BCUT2D eigenvalue weighted by atomic mass is 10.2. The Balaban J connectivity index is 2.00. The monoisotopic (exact) mass is 365 g/mol. The molecule has 0 saturated heterocycles. The predicted molar refractivity (Wildman–Crippen MR) is 77.4 cm³/mol. The molecule has 0 aliphatic heterocycles. The third-order valence-corrected chi connectivity index (χ3v) is 4.43. The fourth-order valence-corrected chi connectivity index (χ4v) is 2.73. The van der Waals surface area contributed by atoms with Gasteiger partial charge in [0.15, 0.2) is 5.03 Å². The molecule has 0 bridgehead atoms. The van der Waals surface area contributed by atoms with Crippen molar-refractivity contribution < 1.29 is 21.6 Å². The minimum Gasteiger partial charge on any atom is -0.244 e. The molecule has 0 aliphatic carbocycles. The summed E-state index contributed by atoms with van der Waals surface area (Å²) >= 11 is 5.63. The number of nitrogens with zero attached hydrogens (tertiary/aromatic N) is 2. The first-order valence-corrected chi connectivity index (χ1v) is 8.18. The molecule has 0 unspecified atom stereocenters. The molecule has 0 spiro atoms. The molecule has 0 aliphatic rings. The summed E-state index contributed by atoms with van der Waals surface area (Å²) in [5.74, 6) is 0. The van der Waals surface area contributed by atoms with E-state index in [9.17, 15) is 21.6 Å². The Labute approximate surface area is 135 Å². The highest BCUT2D eigenvalue weighted by atomic mass is 35.5. The van der Waals surface area contributed by atoms with Gasteiger partial charge in [0.2, 0.25) is 0 Å². The van der Waals surface area contributed by atoms with Gasteiger partial charge in [0.1, 0.15) is 5.15 Å². The van der Waals surface area contributed by atoms with E-state index in [0.29, 0.717) is 23.8 Å². The normalized spacial score (nSPS) is 12.3. The topological polar surface area (TPSA) is 72.0 Å². The van der Waals surface area contributed by atoms with Crippen LogP contribution in [0.4, 0.5) is 13.2 Å². The second-order valence-electron chi connectivity index (χ2n) is 4.52. The van der Waals surface area contributed by atoms with E-state index in [-0.39, 0.29) is 6.54 Å². The summed E-state index contributed by atoms with van der Waals surface area (Å²) in [6.45, 7) is 0.0499.